The van der Waals surface area contributed by atoms with Crippen LogP contribution >= 0.6 is 11.6 Å². The van der Waals surface area contributed by atoms with E-state index in [9.17, 15) is 8.42 Å². The molecule has 0 amide bonds. The maximum atomic E-state index is 13.0. The normalized spacial score (nSPS) is 11.9. The zero-order valence-corrected chi connectivity index (χ0v) is 15.9. The van der Waals surface area contributed by atoms with Crippen molar-refractivity contribution in [1.82, 2.24) is 9.21 Å². The fourth-order valence-electron chi connectivity index (χ4n) is 2.24. The van der Waals surface area contributed by atoms with Crippen molar-refractivity contribution in [2.45, 2.75) is 18.4 Å². The molecule has 0 N–H and O–H groups in total. The first-order valence-corrected chi connectivity index (χ1v) is 9.45. The predicted octanol–water partition coefficient (Wildman–Crippen LogP) is 2.87. The van der Waals surface area contributed by atoms with Crippen molar-refractivity contribution in [3.8, 4) is 6.07 Å². The Morgan fingerprint density at radius 3 is 2.44 bits per heavy atom. The van der Waals surface area contributed by atoms with Gasteiger partial charge >= 0.3 is 0 Å². The molecule has 25 heavy (non-hydrogen) atoms. The molecular formula is C17H20ClN3O3S. The van der Waals surface area contributed by atoms with Crippen LogP contribution in [-0.2, 0) is 16.6 Å². The Labute approximate surface area is 153 Å². The molecule has 134 valence electrons. The van der Waals surface area contributed by atoms with E-state index < -0.39 is 10.0 Å². The number of rotatable bonds is 7. The van der Waals surface area contributed by atoms with E-state index in [1.165, 1.54) is 22.5 Å². The Morgan fingerprint density at radius 2 is 1.92 bits per heavy atom. The summed E-state index contributed by atoms with van der Waals surface area (Å²) in [4.78, 5) is 1.96. The van der Waals surface area contributed by atoms with Crippen LogP contribution in [0.4, 0.5) is 0 Å². The molecule has 1 aromatic carbocycles. The van der Waals surface area contributed by atoms with Crippen molar-refractivity contribution in [3.63, 3.8) is 0 Å². The highest BCUT2D eigenvalue weighted by Crippen LogP contribution is 2.24. The summed E-state index contributed by atoms with van der Waals surface area (Å²) in [5, 5.41) is 9.07. The highest BCUT2D eigenvalue weighted by molar-refractivity contribution is 7.89. The van der Waals surface area contributed by atoms with Crippen molar-refractivity contribution in [2.24, 2.45) is 0 Å². The number of halogens is 1. The smallest absolute Gasteiger partial charge is 0.243 e. The van der Waals surface area contributed by atoms with Crippen molar-refractivity contribution < 1.29 is 12.8 Å². The largest absolute Gasteiger partial charge is 0.465 e. The number of furan rings is 1. The molecule has 0 fully saturated rings. The van der Waals surface area contributed by atoms with E-state index in [0.717, 1.165) is 5.76 Å². The molecule has 2 rings (SSSR count). The molecule has 0 aliphatic carbocycles. The molecule has 0 spiro atoms. The minimum atomic E-state index is -3.78. The van der Waals surface area contributed by atoms with Gasteiger partial charge in [0.1, 0.15) is 17.6 Å². The fraction of sp³-hybridized carbons (Fsp3) is 0.353. The van der Waals surface area contributed by atoms with Gasteiger partial charge in [-0.1, -0.05) is 11.6 Å². The van der Waals surface area contributed by atoms with E-state index in [2.05, 4.69) is 0 Å². The summed E-state index contributed by atoms with van der Waals surface area (Å²) in [6.45, 7) is 2.79. The van der Waals surface area contributed by atoms with Crippen LogP contribution in [0.25, 0.3) is 0 Å². The number of likely N-dealkylation sites (N-methyl/N-ethyl adjacent to an activating group) is 1. The molecule has 1 heterocycles. The molecular weight excluding hydrogens is 362 g/mol. The van der Waals surface area contributed by atoms with E-state index >= 15 is 0 Å². The van der Waals surface area contributed by atoms with Gasteiger partial charge in [-0.2, -0.15) is 9.57 Å². The Balaban J connectivity index is 2.36. The van der Waals surface area contributed by atoms with Gasteiger partial charge in [-0.05, 0) is 51.4 Å². The summed E-state index contributed by atoms with van der Waals surface area (Å²) < 4.78 is 32.9. The maximum absolute atomic E-state index is 13.0. The molecule has 1 aromatic heterocycles. The molecule has 6 nitrogen and oxygen atoms in total. The SMILES string of the molecule is Cc1ccc(CN(CCN(C)C)S(=O)(=O)c2ccc(C#N)c(Cl)c2)o1. The topological polar surface area (TPSA) is 77.5 Å². The number of nitriles is 1. The maximum Gasteiger partial charge on any atom is 0.243 e. The lowest BCUT2D eigenvalue weighted by molar-refractivity contribution is 0.310. The zero-order valence-electron chi connectivity index (χ0n) is 14.4. The van der Waals surface area contributed by atoms with Crippen LogP contribution in [0, 0.1) is 18.3 Å². The summed E-state index contributed by atoms with van der Waals surface area (Å²) in [5.74, 6) is 1.29. The molecule has 8 heteroatoms. The monoisotopic (exact) mass is 381 g/mol. The Morgan fingerprint density at radius 1 is 1.20 bits per heavy atom. The number of sulfonamides is 1. The average Bonchev–Trinajstić information content (AvgIpc) is 2.96. The van der Waals surface area contributed by atoms with Gasteiger partial charge in [-0.3, -0.25) is 0 Å². The molecule has 0 radical (unpaired) electrons. The standard InChI is InChI=1S/C17H20ClN3O3S/c1-13-4-6-15(24-13)12-21(9-8-20(2)3)25(22,23)16-7-5-14(11-19)17(18)10-16/h4-7,10H,8-9,12H2,1-3H3. The predicted molar refractivity (Wildman–Crippen MR) is 95.8 cm³/mol. The van der Waals surface area contributed by atoms with Gasteiger partial charge in [-0.15, -0.1) is 0 Å². The third-order valence-electron chi connectivity index (χ3n) is 3.62. The number of hydrogen-bond donors (Lipinski definition) is 0. The lowest BCUT2D eigenvalue weighted by atomic mass is 10.2. The van der Waals surface area contributed by atoms with Crippen LogP contribution in [0.5, 0.6) is 0 Å². The van der Waals surface area contributed by atoms with Crippen LogP contribution < -0.4 is 0 Å². The number of nitrogens with zero attached hydrogens (tertiary/aromatic N) is 3. The van der Waals surface area contributed by atoms with E-state index in [1.54, 1.807) is 12.1 Å². The second kappa shape index (κ2) is 8.02. The minimum absolute atomic E-state index is 0.0542. The lowest BCUT2D eigenvalue weighted by Gasteiger charge is -2.23. The fourth-order valence-corrected chi connectivity index (χ4v) is 3.95. The second-order valence-corrected chi connectivity index (χ2v) is 8.25. The van der Waals surface area contributed by atoms with Crippen LogP contribution in [0.1, 0.15) is 17.1 Å². The van der Waals surface area contributed by atoms with Gasteiger partial charge in [0, 0.05) is 13.1 Å². The molecule has 0 atom stereocenters. The van der Waals surface area contributed by atoms with Crippen molar-refractivity contribution >= 4 is 21.6 Å². The van der Waals surface area contributed by atoms with Crippen LogP contribution in [-0.4, -0.2) is 44.8 Å². The Kier molecular flexibility index (Phi) is 6.25. The van der Waals surface area contributed by atoms with Crippen LogP contribution in [0.3, 0.4) is 0 Å². The minimum Gasteiger partial charge on any atom is -0.465 e. The summed E-state index contributed by atoms with van der Waals surface area (Å²) in [6, 6.07) is 9.61. The molecule has 0 saturated heterocycles. The van der Waals surface area contributed by atoms with Gasteiger partial charge in [0.05, 0.1) is 22.0 Å². The molecule has 0 bridgehead atoms. The third-order valence-corrected chi connectivity index (χ3v) is 5.78. The van der Waals surface area contributed by atoms with Crippen LogP contribution in [0.2, 0.25) is 5.02 Å². The van der Waals surface area contributed by atoms with Crippen LogP contribution in [0.15, 0.2) is 39.6 Å². The molecule has 0 saturated carbocycles. The first-order valence-electron chi connectivity index (χ1n) is 7.64. The van der Waals surface area contributed by atoms with Crippen molar-refractivity contribution in [2.75, 3.05) is 27.2 Å². The van der Waals surface area contributed by atoms with Gasteiger partial charge in [0.15, 0.2) is 0 Å². The van der Waals surface area contributed by atoms with E-state index in [-0.39, 0.29) is 22.0 Å². The summed E-state index contributed by atoms with van der Waals surface area (Å²) >= 11 is 6.00. The molecule has 0 aliphatic rings. The number of aryl methyl sites for hydroxylation is 1. The molecule has 0 aliphatic heterocycles. The van der Waals surface area contributed by atoms with Gasteiger partial charge in [-0.25, -0.2) is 8.42 Å². The van der Waals surface area contributed by atoms with Gasteiger partial charge in [0.25, 0.3) is 0 Å². The Hall–Kier alpha value is -1.85. The van der Waals surface area contributed by atoms with Crippen molar-refractivity contribution in [3.05, 3.63) is 52.4 Å². The third kappa shape index (κ3) is 4.83. The summed E-state index contributed by atoms with van der Waals surface area (Å²) in [7, 11) is -0.0295. The molecule has 0 unspecified atom stereocenters. The number of benzene rings is 1. The quantitative estimate of drug-likeness (QED) is 0.736. The van der Waals surface area contributed by atoms with Gasteiger partial charge < -0.3 is 9.32 Å². The highest BCUT2D eigenvalue weighted by atomic mass is 35.5. The Bertz CT molecular complexity index is 885. The molecule has 2 aromatic rings. The highest BCUT2D eigenvalue weighted by Gasteiger charge is 2.26. The van der Waals surface area contributed by atoms with E-state index in [0.29, 0.717) is 18.8 Å². The first-order chi connectivity index (χ1) is 11.7. The van der Waals surface area contributed by atoms with E-state index in [1.807, 2.05) is 32.0 Å². The average molecular weight is 382 g/mol. The lowest BCUT2D eigenvalue weighted by Crippen LogP contribution is -2.36. The summed E-state index contributed by atoms with van der Waals surface area (Å²) in [6.07, 6.45) is 0. The summed E-state index contributed by atoms with van der Waals surface area (Å²) in [5.41, 5.74) is 0.238. The van der Waals surface area contributed by atoms with Gasteiger partial charge in [0.2, 0.25) is 10.0 Å². The van der Waals surface area contributed by atoms with E-state index in [4.69, 9.17) is 21.3 Å². The number of hydrogen-bond acceptors (Lipinski definition) is 5. The van der Waals surface area contributed by atoms with Crippen molar-refractivity contribution in [1.29, 1.82) is 5.26 Å². The zero-order chi connectivity index (χ0) is 18.6. The second-order valence-electron chi connectivity index (χ2n) is 5.91. The first kappa shape index (κ1) is 19.5.